The van der Waals surface area contributed by atoms with Crippen LogP contribution in [0.4, 0.5) is 0 Å². The highest BCUT2D eigenvalue weighted by Crippen LogP contribution is 2.24. The summed E-state index contributed by atoms with van der Waals surface area (Å²) in [5.74, 6) is -0.127. The van der Waals surface area contributed by atoms with Gasteiger partial charge in [-0.25, -0.2) is 0 Å². The van der Waals surface area contributed by atoms with E-state index in [2.05, 4.69) is 5.10 Å². The van der Waals surface area contributed by atoms with E-state index in [0.717, 1.165) is 5.56 Å². The first-order chi connectivity index (χ1) is 9.56. The third-order valence-electron chi connectivity index (χ3n) is 3.05. The molecular weight excluding hydrogens is 278 g/mol. The van der Waals surface area contributed by atoms with Crippen molar-refractivity contribution in [3.8, 4) is 11.3 Å². The normalized spacial score (nSPS) is 12.4. The van der Waals surface area contributed by atoms with Crippen LogP contribution >= 0.6 is 11.6 Å². The van der Waals surface area contributed by atoms with Gasteiger partial charge in [0.1, 0.15) is 5.69 Å². The van der Waals surface area contributed by atoms with Crippen LogP contribution in [0, 0.1) is 0 Å². The molecular formula is C14H16ClN3O2. The van der Waals surface area contributed by atoms with Crippen molar-refractivity contribution in [3.63, 3.8) is 0 Å². The van der Waals surface area contributed by atoms with E-state index in [9.17, 15) is 9.90 Å². The molecule has 0 saturated carbocycles. The smallest absolute Gasteiger partial charge is 0.177 e. The Labute approximate surface area is 122 Å². The van der Waals surface area contributed by atoms with E-state index in [-0.39, 0.29) is 18.9 Å². The topological polar surface area (TPSA) is 81.1 Å². The summed E-state index contributed by atoms with van der Waals surface area (Å²) in [5, 5.41) is 14.3. The lowest BCUT2D eigenvalue weighted by molar-refractivity contribution is 0.0997. The lowest BCUT2D eigenvalue weighted by Crippen LogP contribution is -2.26. The zero-order valence-corrected chi connectivity index (χ0v) is 11.8. The van der Waals surface area contributed by atoms with Crippen LogP contribution in [-0.4, -0.2) is 33.8 Å². The molecule has 0 aliphatic heterocycles. The van der Waals surface area contributed by atoms with Gasteiger partial charge in [-0.15, -0.1) is 0 Å². The van der Waals surface area contributed by atoms with Gasteiger partial charge >= 0.3 is 0 Å². The largest absolute Gasteiger partial charge is 0.394 e. The van der Waals surface area contributed by atoms with Crippen molar-refractivity contribution in [2.75, 3.05) is 13.2 Å². The van der Waals surface area contributed by atoms with Crippen LogP contribution in [0.2, 0.25) is 5.02 Å². The van der Waals surface area contributed by atoms with Gasteiger partial charge in [0.15, 0.2) is 5.78 Å². The quantitative estimate of drug-likeness (QED) is 0.825. The van der Waals surface area contributed by atoms with Crippen LogP contribution in [0.5, 0.6) is 0 Å². The van der Waals surface area contributed by atoms with E-state index in [1.165, 1.54) is 11.6 Å². The number of halogens is 1. The fourth-order valence-corrected chi connectivity index (χ4v) is 2.17. The maximum Gasteiger partial charge on any atom is 0.177 e. The lowest BCUT2D eigenvalue weighted by Gasteiger charge is -2.14. The van der Waals surface area contributed by atoms with Crippen LogP contribution in [-0.2, 0) is 0 Å². The Kier molecular flexibility index (Phi) is 4.54. The molecule has 1 atom stereocenters. The predicted octanol–water partition coefficient (Wildman–Crippen LogP) is 1.90. The number of aliphatic hydroxyl groups excluding tert-OH is 1. The zero-order valence-electron chi connectivity index (χ0n) is 11.1. The number of hydrogen-bond acceptors (Lipinski definition) is 4. The van der Waals surface area contributed by atoms with Gasteiger partial charge in [-0.3, -0.25) is 9.48 Å². The molecule has 6 heteroatoms. The van der Waals surface area contributed by atoms with Crippen molar-refractivity contribution >= 4 is 17.4 Å². The lowest BCUT2D eigenvalue weighted by atomic mass is 10.1. The summed E-state index contributed by atoms with van der Waals surface area (Å²) in [6.45, 7) is 1.49. The third-order valence-corrected chi connectivity index (χ3v) is 3.28. The average molecular weight is 294 g/mol. The number of carbonyl (C=O) groups is 1. The molecule has 2 rings (SSSR count). The summed E-state index contributed by atoms with van der Waals surface area (Å²) < 4.78 is 1.48. The molecule has 0 amide bonds. The molecule has 0 spiro atoms. The molecule has 3 N–H and O–H groups in total. The summed E-state index contributed by atoms with van der Waals surface area (Å²) in [4.78, 5) is 11.7. The first-order valence-electron chi connectivity index (χ1n) is 6.24. The van der Waals surface area contributed by atoms with Gasteiger partial charge in [0.05, 0.1) is 18.3 Å². The number of aliphatic hydroxyl groups is 1. The number of Topliss-reactive ketones (excluding diaryl/α,β-unsaturated/α-hetero) is 1. The highest BCUT2D eigenvalue weighted by atomic mass is 35.5. The Bertz CT molecular complexity index is 621. The molecule has 0 saturated heterocycles. The molecule has 5 nitrogen and oxygen atoms in total. The maximum atomic E-state index is 11.7. The van der Waals surface area contributed by atoms with Crippen LogP contribution in [0.1, 0.15) is 23.5 Å². The summed E-state index contributed by atoms with van der Waals surface area (Å²) >= 11 is 5.96. The van der Waals surface area contributed by atoms with Gasteiger partial charge in [-0.1, -0.05) is 23.7 Å². The number of aromatic nitrogens is 2. The van der Waals surface area contributed by atoms with Gasteiger partial charge < -0.3 is 10.8 Å². The number of carbonyl (C=O) groups excluding carboxylic acids is 1. The predicted molar refractivity (Wildman–Crippen MR) is 77.9 cm³/mol. The fraction of sp³-hybridized carbons (Fsp3) is 0.286. The molecule has 0 bridgehead atoms. The van der Waals surface area contributed by atoms with Crippen LogP contribution in [0.15, 0.2) is 30.3 Å². The standard InChI is InChI=1S/C14H16ClN3O2/c1-9(20)14-6-13(10-3-2-4-11(15)5-10)17-18(14)12(7-16)8-19/h2-6,12,19H,7-8,16H2,1H3. The van der Waals surface area contributed by atoms with Gasteiger partial charge in [0, 0.05) is 24.1 Å². The summed E-state index contributed by atoms with van der Waals surface area (Å²) in [6.07, 6.45) is 0. The van der Waals surface area contributed by atoms with Gasteiger partial charge in [-0.05, 0) is 18.2 Å². The van der Waals surface area contributed by atoms with Crippen molar-refractivity contribution in [1.29, 1.82) is 0 Å². The number of nitrogens with zero attached hydrogens (tertiary/aromatic N) is 2. The Hall–Kier alpha value is -1.69. The molecule has 2 aromatic rings. The van der Waals surface area contributed by atoms with Crippen molar-refractivity contribution in [2.24, 2.45) is 5.73 Å². The highest BCUT2D eigenvalue weighted by Gasteiger charge is 2.18. The Morgan fingerprint density at radius 1 is 1.50 bits per heavy atom. The van der Waals surface area contributed by atoms with Gasteiger partial charge in [-0.2, -0.15) is 5.10 Å². The second-order valence-electron chi connectivity index (χ2n) is 4.50. The van der Waals surface area contributed by atoms with Crippen molar-refractivity contribution < 1.29 is 9.90 Å². The molecule has 20 heavy (non-hydrogen) atoms. The Morgan fingerprint density at radius 3 is 2.80 bits per heavy atom. The van der Waals surface area contributed by atoms with E-state index in [0.29, 0.717) is 16.4 Å². The van der Waals surface area contributed by atoms with Crippen LogP contribution in [0.3, 0.4) is 0 Å². The summed E-state index contributed by atoms with van der Waals surface area (Å²) in [5.41, 5.74) is 7.47. The van der Waals surface area contributed by atoms with Gasteiger partial charge in [0.2, 0.25) is 0 Å². The SMILES string of the molecule is CC(=O)c1cc(-c2cccc(Cl)c2)nn1C(CN)CO. The zero-order chi connectivity index (χ0) is 14.7. The van der Waals surface area contributed by atoms with Crippen molar-refractivity contribution in [3.05, 3.63) is 41.0 Å². The highest BCUT2D eigenvalue weighted by molar-refractivity contribution is 6.30. The van der Waals surface area contributed by atoms with E-state index in [1.54, 1.807) is 18.2 Å². The number of rotatable bonds is 5. The van der Waals surface area contributed by atoms with Crippen molar-refractivity contribution in [2.45, 2.75) is 13.0 Å². The Balaban J connectivity index is 2.51. The van der Waals surface area contributed by atoms with Crippen molar-refractivity contribution in [1.82, 2.24) is 9.78 Å². The summed E-state index contributed by atoms with van der Waals surface area (Å²) in [6, 6.07) is 8.49. The van der Waals surface area contributed by atoms with Crippen LogP contribution in [0.25, 0.3) is 11.3 Å². The number of ketones is 1. The molecule has 1 aromatic carbocycles. The molecule has 0 aliphatic carbocycles. The van der Waals surface area contributed by atoms with Crippen LogP contribution < -0.4 is 5.73 Å². The van der Waals surface area contributed by atoms with E-state index < -0.39 is 6.04 Å². The number of hydrogen-bond donors (Lipinski definition) is 2. The molecule has 0 aliphatic rings. The van der Waals surface area contributed by atoms with E-state index in [4.69, 9.17) is 17.3 Å². The minimum atomic E-state index is -0.415. The minimum Gasteiger partial charge on any atom is -0.394 e. The maximum absolute atomic E-state index is 11.7. The first-order valence-corrected chi connectivity index (χ1v) is 6.62. The van der Waals surface area contributed by atoms with Gasteiger partial charge in [0.25, 0.3) is 0 Å². The Morgan fingerprint density at radius 2 is 2.25 bits per heavy atom. The molecule has 0 radical (unpaired) electrons. The molecule has 0 fully saturated rings. The minimum absolute atomic E-state index is 0.127. The third kappa shape index (κ3) is 2.90. The number of nitrogens with two attached hydrogens (primary N) is 1. The second kappa shape index (κ2) is 6.17. The molecule has 106 valence electrons. The first kappa shape index (κ1) is 14.7. The molecule has 1 unspecified atom stereocenters. The molecule has 1 aromatic heterocycles. The number of benzene rings is 1. The van der Waals surface area contributed by atoms with E-state index >= 15 is 0 Å². The average Bonchev–Trinajstić information content (AvgIpc) is 2.85. The second-order valence-corrected chi connectivity index (χ2v) is 4.93. The molecule has 1 heterocycles. The fourth-order valence-electron chi connectivity index (χ4n) is 1.98. The summed E-state index contributed by atoms with van der Waals surface area (Å²) in [7, 11) is 0. The van der Waals surface area contributed by atoms with E-state index in [1.807, 2.05) is 12.1 Å². The monoisotopic (exact) mass is 293 g/mol.